The number of hydrogen-bond acceptors (Lipinski definition) is 8. The zero-order valence-corrected chi connectivity index (χ0v) is 14.0. The zero-order valence-electron chi connectivity index (χ0n) is 14.0. The van der Waals surface area contributed by atoms with Gasteiger partial charge in [-0.15, -0.1) is 0 Å². The van der Waals surface area contributed by atoms with Crippen molar-refractivity contribution in [3.8, 4) is 12.1 Å². The molecule has 0 spiro atoms. The molecular weight excluding hydrogens is 352 g/mol. The van der Waals surface area contributed by atoms with Crippen molar-refractivity contribution in [1.29, 1.82) is 10.5 Å². The molecule has 2 aromatic carbocycles. The minimum Gasteiger partial charge on any atom is -0.384 e. The third-order valence-electron chi connectivity index (χ3n) is 3.65. The highest BCUT2D eigenvalue weighted by molar-refractivity contribution is 5.62. The van der Waals surface area contributed by atoms with Crippen molar-refractivity contribution in [1.82, 2.24) is 0 Å². The Morgan fingerprint density at radius 2 is 1.22 bits per heavy atom. The van der Waals surface area contributed by atoms with Gasteiger partial charge in [0.25, 0.3) is 11.4 Å². The van der Waals surface area contributed by atoms with Crippen LogP contribution in [-0.2, 0) is 0 Å². The van der Waals surface area contributed by atoms with Gasteiger partial charge in [0.05, 0.1) is 32.3 Å². The van der Waals surface area contributed by atoms with Crippen molar-refractivity contribution in [2.24, 2.45) is 0 Å². The maximum atomic E-state index is 10.7. The van der Waals surface area contributed by atoms with E-state index in [9.17, 15) is 20.2 Å². The first-order valence-electron chi connectivity index (χ1n) is 7.81. The van der Waals surface area contributed by atoms with Gasteiger partial charge in [0.1, 0.15) is 12.1 Å². The number of non-ortho nitro benzene ring substituents is 2. The molecule has 136 valence electrons. The Morgan fingerprint density at radius 1 is 0.815 bits per heavy atom. The van der Waals surface area contributed by atoms with Crippen molar-refractivity contribution in [2.75, 3.05) is 23.7 Å². The number of benzene rings is 2. The van der Waals surface area contributed by atoms with E-state index in [1.165, 1.54) is 36.4 Å². The van der Waals surface area contributed by atoms with Crippen LogP contribution in [0.25, 0.3) is 0 Å². The largest absolute Gasteiger partial charge is 0.384 e. The van der Waals surface area contributed by atoms with Crippen LogP contribution in [0.3, 0.4) is 0 Å². The fourth-order valence-corrected chi connectivity index (χ4v) is 2.32. The number of nitro groups is 2. The number of nitrogens with one attached hydrogen (secondary N) is 2. The fraction of sp³-hybridized carbons (Fsp3) is 0.176. The molecule has 2 N–H and O–H groups in total. The van der Waals surface area contributed by atoms with Crippen LogP contribution in [0, 0.1) is 42.9 Å². The number of anilines is 2. The molecule has 0 aliphatic rings. The molecule has 0 radical (unpaired) electrons. The Bertz CT molecular complexity index is 883. The van der Waals surface area contributed by atoms with E-state index in [1.807, 2.05) is 12.1 Å². The summed E-state index contributed by atoms with van der Waals surface area (Å²) in [5.41, 5.74) is 1.05. The summed E-state index contributed by atoms with van der Waals surface area (Å²) in [6.07, 6.45) is 0.615. The van der Waals surface area contributed by atoms with E-state index in [2.05, 4.69) is 10.6 Å². The van der Waals surface area contributed by atoms with Gasteiger partial charge < -0.3 is 10.6 Å². The Kier molecular flexibility index (Phi) is 6.23. The fourth-order valence-electron chi connectivity index (χ4n) is 2.32. The lowest BCUT2D eigenvalue weighted by Crippen LogP contribution is -2.10. The Balaban J connectivity index is 1.90. The lowest BCUT2D eigenvalue weighted by Gasteiger charge is -2.10. The normalized spacial score (nSPS) is 9.70. The molecule has 0 aliphatic carbocycles. The van der Waals surface area contributed by atoms with Crippen molar-refractivity contribution >= 4 is 22.7 Å². The highest BCUT2D eigenvalue weighted by atomic mass is 16.6. The van der Waals surface area contributed by atoms with Crippen molar-refractivity contribution in [3.05, 3.63) is 67.8 Å². The summed E-state index contributed by atoms with van der Waals surface area (Å²) in [6, 6.07) is 11.8. The average molecular weight is 366 g/mol. The molecular formula is C17H14N6O4. The first-order chi connectivity index (χ1) is 13.0. The van der Waals surface area contributed by atoms with Gasteiger partial charge in [-0.3, -0.25) is 20.2 Å². The molecule has 0 unspecified atom stereocenters. The molecule has 2 aromatic rings. The smallest absolute Gasteiger partial charge is 0.270 e. The first kappa shape index (κ1) is 19.1. The average Bonchev–Trinajstić information content (AvgIpc) is 2.67. The Labute approximate surface area is 154 Å². The van der Waals surface area contributed by atoms with Gasteiger partial charge in [-0.1, -0.05) is 0 Å². The molecule has 2 rings (SSSR count). The van der Waals surface area contributed by atoms with E-state index < -0.39 is 9.85 Å². The van der Waals surface area contributed by atoms with Gasteiger partial charge in [-0.2, -0.15) is 10.5 Å². The summed E-state index contributed by atoms with van der Waals surface area (Å²) in [5.74, 6) is 0. The number of nitriles is 2. The number of hydrogen-bond donors (Lipinski definition) is 2. The molecule has 0 saturated heterocycles. The van der Waals surface area contributed by atoms with Crippen molar-refractivity contribution in [3.63, 3.8) is 0 Å². The van der Waals surface area contributed by atoms with Crippen LogP contribution in [0.1, 0.15) is 17.5 Å². The maximum Gasteiger partial charge on any atom is 0.270 e. The van der Waals surface area contributed by atoms with E-state index in [-0.39, 0.29) is 22.5 Å². The number of nitro benzene ring substituents is 2. The van der Waals surface area contributed by atoms with E-state index in [0.29, 0.717) is 30.9 Å². The number of nitrogens with zero attached hydrogens (tertiary/aromatic N) is 4. The van der Waals surface area contributed by atoms with Crippen LogP contribution >= 0.6 is 0 Å². The molecule has 0 aromatic heterocycles. The van der Waals surface area contributed by atoms with E-state index in [4.69, 9.17) is 10.5 Å². The second-order valence-corrected chi connectivity index (χ2v) is 5.40. The van der Waals surface area contributed by atoms with Crippen LogP contribution in [-0.4, -0.2) is 22.9 Å². The van der Waals surface area contributed by atoms with Crippen LogP contribution in [0.4, 0.5) is 22.7 Å². The molecule has 0 saturated carbocycles. The molecule has 0 atom stereocenters. The SMILES string of the molecule is N#Cc1cc([N+](=O)[O-])ccc1NCCCNc1ccc([N+](=O)[O-])cc1C#N. The van der Waals surface area contributed by atoms with E-state index in [1.54, 1.807) is 0 Å². The minimum absolute atomic E-state index is 0.152. The van der Waals surface area contributed by atoms with Gasteiger partial charge >= 0.3 is 0 Å². The molecule has 0 bridgehead atoms. The van der Waals surface area contributed by atoms with Gasteiger partial charge in [-0.05, 0) is 18.6 Å². The Morgan fingerprint density at radius 3 is 1.56 bits per heavy atom. The first-order valence-corrected chi connectivity index (χ1v) is 7.81. The number of rotatable bonds is 8. The standard InChI is InChI=1S/C17H14N6O4/c18-10-12-8-14(22(24)25)2-4-16(12)20-6-1-7-21-17-5-3-15(23(26)27)9-13(17)11-19/h2-5,8-9,20-21H,1,6-7H2. The molecule has 10 heteroatoms. The topological polar surface area (TPSA) is 158 Å². The van der Waals surface area contributed by atoms with Crippen LogP contribution in [0.5, 0.6) is 0 Å². The monoisotopic (exact) mass is 366 g/mol. The van der Waals surface area contributed by atoms with E-state index >= 15 is 0 Å². The highest BCUT2D eigenvalue weighted by Gasteiger charge is 2.11. The second-order valence-electron chi connectivity index (χ2n) is 5.40. The van der Waals surface area contributed by atoms with Gasteiger partial charge in [0.2, 0.25) is 0 Å². The van der Waals surface area contributed by atoms with Gasteiger partial charge in [-0.25, -0.2) is 0 Å². The summed E-state index contributed by atoms with van der Waals surface area (Å²) in [6.45, 7) is 0.961. The Hall–Kier alpha value is -4.18. The molecule has 27 heavy (non-hydrogen) atoms. The lowest BCUT2D eigenvalue weighted by atomic mass is 10.1. The van der Waals surface area contributed by atoms with Crippen molar-refractivity contribution in [2.45, 2.75) is 6.42 Å². The van der Waals surface area contributed by atoms with Crippen LogP contribution in [0.2, 0.25) is 0 Å². The summed E-state index contributed by atoms with van der Waals surface area (Å²) >= 11 is 0. The summed E-state index contributed by atoms with van der Waals surface area (Å²) < 4.78 is 0. The lowest BCUT2D eigenvalue weighted by molar-refractivity contribution is -0.385. The van der Waals surface area contributed by atoms with Crippen LogP contribution < -0.4 is 10.6 Å². The molecule has 10 nitrogen and oxygen atoms in total. The second kappa shape index (κ2) is 8.78. The zero-order chi connectivity index (χ0) is 19.8. The van der Waals surface area contributed by atoms with Crippen LogP contribution in [0.15, 0.2) is 36.4 Å². The van der Waals surface area contributed by atoms with Crippen molar-refractivity contribution < 1.29 is 9.85 Å². The minimum atomic E-state index is -0.564. The predicted octanol–water partition coefficient (Wildman–Crippen LogP) is 3.16. The summed E-state index contributed by atoms with van der Waals surface area (Å²) in [5, 5.41) is 45.7. The summed E-state index contributed by atoms with van der Waals surface area (Å²) in [4.78, 5) is 20.3. The third-order valence-corrected chi connectivity index (χ3v) is 3.65. The van der Waals surface area contributed by atoms with E-state index in [0.717, 1.165) is 0 Å². The van der Waals surface area contributed by atoms with Gasteiger partial charge in [0, 0.05) is 37.4 Å². The molecule has 0 amide bonds. The quantitative estimate of drug-likeness (QED) is 0.409. The third kappa shape index (κ3) is 4.90. The maximum absolute atomic E-state index is 10.7. The highest BCUT2D eigenvalue weighted by Crippen LogP contribution is 2.22. The molecule has 0 aliphatic heterocycles. The summed E-state index contributed by atoms with van der Waals surface area (Å²) in [7, 11) is 0. The molecule has 0 heterocycles. The predicted molar refractivity (Wildman–Crippen MR) is 97.2 cm³/mol. The molecule has 0 fully saturated rings. The van der Waals surface area contributed by atoms with Gasteiger partial charge in [0.15, 0.2) is 0 Å².